The predicted octanol–water partition coefficient (Wildman–Crippen LogP) is 2.22. The number of aliphatic imine (C=N–C) groups is 1. The molecule has 0 aliphatic rings. The molecule has 0 aliphatic heterocycles. The highest BCUT2D eigenvalue weighted by Crippen LogP contribution is 2.08. The number of hydrogen-bond acceptors (Lipinski definition) is 2. The van der Waals surface area contributed by atoms with Crippen LogP contribution in [0.2, 0.25) is 0 Å². The van der Waals surface area contributed by atoms with Gasteiger partial charge in [-0.2, -0.15) is 0 Å². The molecule has 1 rings (SSSR count). The van der Waals surface area contributed by atoms with Crippen molar-refractivity contribution in [1.82, 2.24) is 16.0 Å². The summed E-state index contributed by atoms with van der Waals surface area (Å²) in [5.74, 6) is 0.0688. The van der Waals surface area contributed by atoms with Crippen molar-refractivity contribution in [3.63, 3.8) is 0 Å². The van der Waals surface area contributed by atoms with Crippen molar-refractivity contribution in [3.05, 3.63) is 35.1 Å². The fraction of sp³-hybridized carbons (Fsp3) is 0.529. The van der Waals surface area contributed by atoms with E-state index in [4.69, 9.17) is 0 Å². The Balaban J connectivity index is 2.48. The molecule has 3 N–H and O–H groups in total. The lowest BCUT2D eigenvalue weighted by molar-refractivity contribution is 0.0954. The summed E-state index contributed by atoms with van der Waals surface area (Å²) in [6.07, 6.45) is 1.00. The normalized spacial score (nSPS) is 12.7. The standard InChI is InChI=1S/C17H27FN4O/c1-5-13(4)22-17(19-6-2)21-10-9-20-16(23)14-8-7-12(3)15(18)11-14/h7-8,11,13H,5-6,9-10H2,1-4H3,(H,20,23)(H2,19,21,22). The van der Waals surface area contributed by atoms with Crippen LogP contribution in [0.5, 0.6) is 0 Å². The van der Waals surface area contributed by atoms with Crippen LogP contribution in [0.15, 0.2) is 23.2 Å². The smallest absolute Gasteiger partial charge is 0.251 e. The molecule has 1 unspecified atom stereocenters. The van der Waals surface area contributed by atoms with Gasteiger partial charge in [0.15, 0.2) is 5.96 Å². The number of guanidine groups is 1. The van der Waals surface area contributed by atoms with E-state index in [2.05, 4.69) is 34.8 Å². The van der Waals surface area contributed by atoms with Crippen LogP contribution >= 0.6 is 0 Å². The molecule has 0 aromatic heterocycles. The van der Waals surface area contributed by atoms with E-state index < -0.39 is 0 Å². The average Bonchev–Trinajstić information content (AvgIpc) is 2.53. The third-order valence-electron chi connectivity index (χ3n) is 3.44. The van der Waals surface area contributed by atoms with Gasteiger partial charge < -0.3 is 16.0 Å². The maximum absolute atomic E-state index is 13.5. The van der Waals surface area contributed by atoms with Gasteiger partial charge in [-0.3, -0.25) is 9.79 Å². The second-order valence-corrected chi connectivity index (χ2v) is 5.43. The van der Waals surface area contributed by atoms with Crippen LogP contribution in [-0.4, -0.2) is 37.5 Å². The maximum atomic E-state index is 13.5. The number of aryl methyl sites for hydroxylation is 1. The van der Waals surface area contributed by atoms with Crippen LogP contribution in [0.1, 0.15) is 43.1 Å². The number of amides is 1. The molecule has 128 valence electrons. The minimum absolute atomic E-state index is 0.293. The van der Waals surface area contributed by atoms with Gasteiger partial charge in [0.2, 0.25) is 0 Å². The van der Waals surface area contributed by atoms with Gasteiger partial charge in [0, 0.05) is 24.7 Å². The highest BCUT2D eigenvalue weighted by molar-refractivity contribution is 5.94. The summed E-state index contributed by atoms with van der Waals surface area (Å²) in [5, 5.41) is 9.18. The number of benzene rings is 1. The zero-order valence-electron chi connectivity index (χ0n) is 14.4. The van der Waals surface area contributed by atoms with Crippen LogP contribution in [0.25, 0.3) is 0 Å². The van der Waals surface area contributed by atoms with Crippen molar-refractivity contribution in [2.45, 2.75) is 40.2 Å². The summed E-state index contributed by atoms with van der Waals surface area (Å²) in [6.45, 7) is 9.47. The lowest BCUT2D eigenvalue weighted by atomic mass is 10.1. The van der Waals surface area contributed by atoms with Gasteiger partial charge in [-0.1, -0.05) is 13.0 Å². The van der Waals surface area contributed by atoms with E-state index in [9.17, 15) is 9.18 Å². The van der Waals surface area contributed by atoms with E-state index in [1.807, 2.05) is 6.92 Å². The lowest BCUT2D eigenvalue weighted by Crippen LogP contribution is -2.42. The maximum Gasteiger partial charge on any atom is 0.251 e. The average molecular weight is 322 g/mol. The van der Waals surface area contributed by atoms with E-state index in [1.165, 1.54) is 6.07 Å². The molecular weight excluding hydrogens is 295 g/mol. The van der Waals surface area contributed by atoms with Gasteiger partial charge in [-0.05, 0) is 44.9 Å². The molecule has 0 fully saturated rings. The third-order valence-corrected chi connectivity index (χ3v) is 3.44. The molecule has 1 atom stereocenters. The van der Waals surface area contributed by atoms with Gasteiger partial charge in [-0.25, -0.2) is 4.39 Å². The summed E-state index contributed by atoms with van der Waals surface area (Å²) in [7, 11) is 0. The zero-order valence-corrected chi connectivity index (χ0v) is 14.4. The minimum Gasteiger partial charge on any atom is -0.357 e. The highest BCUT2D eigenvalue weighted by atomic mass is 19.1. The van der Waals surface area contributed by atoms with E-state index in [-0.39, 0.29) is 11.7 Å². The first-order valence-corrected chi connectivity index (χ1v) is 8.07. The Morgan fingerprint density at radius 1 is 1.30 bits per heavy atom. The number of nitrogens with one attached hydrogen (secondary N) is 3. The van der Waals surface area contributed by atoms with Crippen LogP contribution < -0.4 is 16.0 Å². The SMILES string of the molecule is CCNC(=NCCNC(=O)c1ccc(C)c(F)c1)NC(C)CC. The molecule has 0 saturated carbocycles. The molecule has 0 radical (unpaired) electrons. The molecule has 0 aliphatic carbocycles. The van der Waals surface area contributed by atoms with Crippen molar-refractivity contribution >= 4 is 11.9 Å². The van der Waals surface area contributed by atoms with E-state index in [0.717, 1.165) is 18.9 Å². The van der Waals surface area contributed by atoms with Gasteiger partial charge >= 0.3 is 0 Å². The summed E-state index contributed by atoms with van der Waals surface area (Å²) in [6, 6.07) is 4.80. The number of carbonyl (C=O) groups excluding carboxylic acids is 1. The van der Waals surface area contributed by atoms with Gasteiger partial charge in [0.05, 0.1) is 6.54 Å². The van der Waals surface area contributed by atoms with Crippen LogP contribution in [0.4, 0.5) is 4.39 Å². The van der Waals surface area contributed by atoms with Crippen molar-refractivity contribution < 1.29 is 9.18 Å². The molecular formula is C17H27FN4O. The second kappa shape index (κ2) is 9.82. The third kappa shape index (κ3) is 6.67. The molecule has 1 aromatic rings. The second-order valence-electron chi connectivity index (χ2n) is 5.43. The summed E-state index contributed by atoms with van der Waals surface area (Å²) < 4.78 is 13.5. The van der Waals surface area contributed by atoms with Crippen molar-refractivity contribution in [2.24, 2.45) is 4.99 Å². The molecule has 1 amide bonds. The topological polar surface area (TPSA) is 65.5 Å². The first kappa shape index (κ1) is 18.9. The quantitative estimate of drug-likeness (QED) is 0.410. The molecule has 23 heavy (non-hydrogen) atoms. The molecule has 0 heterocycles. The largest absolute Gasteiger partial charge is 0.357 e. The predicted molar refractivity (Wildman–Crippen MR) is 92.3 cm³/mol. The number of carbonyl (C=O) groups is 1. The molecule has 1 aromatic carbocycles. The monoisotopic (exact) mass is 322 g/mol. The van der Waals surface area contributed by atoms with E-state index in [0.29, 0.717) is 30.3 Å². The first-order valence-electron chi connectivity index (χ1n) is 8.07. The summed E-state index contributed by atoms with van der Waals surface area (Å²) >= 11 is 0. The number of hydrogen-bond donors (Lipinski definition) is 3. The molecule has 0 bridgehead atoms. The highest BCUT2D eigenvalue weighted by Gasteiger charge is 2.07. The Morgan fingerprint density at radius 2 is 2.04 bits per heavy atom. The van der Waals surface area contributed by atoms with Crippen molar-refractivity contribution in [2.75, 3.05) is 19.6 Å². The van der Waals surface area contributed by atoms with Crippen LogP contribution in [0, 0.1) is 12.7 Å². The summed E-state index contributed by atoms with van der Waals surface area (Å²) in [5.41, 5.74) is 0.847. The van der Waals surface area contributed by atoms with Gasteiger partial charge in [0.25, 0.3) is 5.91 Å². The van der Waals surface area contributed by atoms with E-state index in [1.54, 1.807) is 19.1 Å². The van der Waals surface area contributed by atoms with Gasteiger partial charge in [-0.15, -0.1) is 0 Å². The van der Waals surface area contributed by atoms with Crippen molar-refractivity contribution in [3.8, 4) is 0 Å². The number of rotatable bonds is 7. The Hall–Kier alpha value is -2.11. The Bertz CT molecular complexity index is 545. The van der Waals surface area contributed by atoms with Crippen LogP contribution in [0.3, 0.4) is 0 Å². The fourth-order valence-corrected chi connectivity index (χ4v) is 1.83. The molecule has 5 nitrogen and oxygen atoms in total. The lowest BCUT2D eigenvalue weighted by Gasteiger charge is -2.16. The zero-order chi connectivity index (χ0) is 17.2. The first-order chi connectivity index (χ1) is 11.0. The molecule has 6 heteroatoms. The van der Waals surface area contributed by atoms with Crippen LogP contribution in [-0.2, 0) is 0 Å². The van der Waals surface area contributed by atoms with Crippen molar-refractivity contribution in [1.29, 1.82) is 0 Å². The molecule has 0 saturated heterocycles. The Morgan fingerprint density at radius 3 is 2.65 bits per heavy atom. The Labute approximate surface area is 137 Å². The van der Waals surface area contributed by atoms with Gasteiger partial charge in [0.1, 0.15) is 5.82 Å². The summed E-state index contributed by atoms with van der Waals surface area (Å²) in [4.78, 5) is 16.3. The number of halogens is 1. The number of nitrogens with zero attached hydrogens (tertiary/aromatic N) is 1. The minimum atomic E-state index is -0.372. The Kier molecular flexibility index (Phi) is 8.08. The molecule has 0 spiro atoms. The van der Waals surface area contributed by atoms with E-state index >= 15 is 0 Å². The fourth-order valence-electron chi connectivity index (χ4n) is 1.83.